The minimum absolute atomic E-state index is 0.387. The van der Waals surface area contributed by atoms with Gasteiger partial charge in [-0.25, -0.2) is 0 Å². The van der Waals surface area contributed by atoms with Crippen LogP contribution >= 0.6 is 0 Å². The fourth-order valence-corrected chi connectivity index (χ4v) is 2.34. The van der Waals surface area contributed by atoms with Gasteiger partial charge >= 0.3 is 0 Å². The molecular formula is C15H23NO2. The Morgan fingerprint density at radius 2 is 1.83 bits per heavy atom. The number of aliphatic hydroxyl groups is 1. The summed E-state index contributed by atoms with van der Waals surface area (Å²) in [6.07, 6.45) is 3.48. The molecule has 0 amide bonds. The Hall–Kier alpha value is -0.900. The van der Waals surface area contributed by atoms with E-state index in [9.17, 15) is 5.11 Å². The first kappa shape index (κ1) is 13.5. The van der Waals surface area contributed by atoms with E-state index in [0.717, 1.165) is 12.1 Å². The van der Waals surface area contributed by atoms with E-state index < -0.39 is 6.10 Å². The zero-order chi connectivity index (χ0) is 12.6. The monoisotopic (exact) mass is 249 g/mol. The quantitative estimate of drug-likeness (QED) is 0.785. The van der Waals surface area contributed by atoms with Crippen molar-refractivity contribution in [2.45, 2.75) is 25.4 Å². The zero-order valence-electron chi connectivity index (χ0n) is 10.9. The van der Waals surface area contributed by atoms with E-state index >= 15 is 0 Å². The predicted octanol–water partition coefficient (Wildman–Crippen LogP) is 2.22. The molecule has 1 aromatic carbocycles. The first-order chi connectivity index (χ1) is 8.86. The van der Waals surface area contributed by atoms with Gasteiger partial charge in [0, 0.05) is 6.54 Å². The van der Waals surface area contributed by atoms with Gasteiger partial charge in [-0.15, -0.1) is 0 Å². The number of aliphatic hydroxyl groups excluding tert-OH is 1. The zero-order valence-corrected chi connectivity index (χ0v) is 10.9. The summed E-state index contributed by atoms with van der Waals surface area (Å²) in [6, 6.07) is 9.68. The highest BCUT2D eigenvalue weighted by atomic mass is 16.5. The van der Waals surface area contributed by atoms with Crippen LogP contribution in [0.1, 0.15) is 30.9 Å². The van der Waals surface area contributed by atoms with Gasteiger partial charge in [-0.05, 0) is 31.5 Å². The highest BCUT2D eigenvalue weighted by molar-refractivity contribution is 5.17. The van der Waals surface area contributed by atoms with Crippen molar-refractivity contribution in [1.29, 1.82) is 0 Å². The molecule has 1 heterocycles. The van der Waals surface area contributed by atoms with Crippen molar-refractivity contribution < 1.29 is 9.84 Å². The average Bonchev–Trinajstić information content (AvgIpc) is 2.45. The van der Waals surface area contributed by atoms with E-state index in [1.54, 1.807) is 0 Å². The van der Waals surface area contributed by atoms with Crippen LogP contribution in [-0.4, -0.2) is 42.9 Å². The molecule has 100 valence electrons. The number of hydrogen-bond donors (Lipinski definition) is 1. The van der Waals surface area contributed by atoms with E-state index in [1.807, 2.05) is 30.3 Å². The Morgan fingerprint density at radius 3 is 2.56 bits per heavy atom. The highest BCUT2D eigenvalue weighted by Gasteiger charge is 2.10. The lowest BCUT2D eigenvalue weighted by molar-refractivity contribution is 0.0245. The third kappa shape index (κ3) is 4.41. The maximum Gasteiger partial charge on any atom is 0.102 e. The van der Waals surface area contributed by atoms with E-state index in [0.29, 0.717) is 13.2 Å². The molecule has 2 rings (SSSR count). The second kappa shape index (κ2) is 7.52. The molecule has 3 heteroatoms. The molecule has 3 nitrogen and oxygen atoms in total. The number of rotatable bonds is 6. The Kier molecular flexibility index (Phi) is 5.65. The molecule has 1 aliphatic heterocycles. The fourth-order valence-electron chi connectivity index (χ4n) is 2.34. The SMILES string of the molecule is OC(COCCN1CCCCC1)c1ccccc1. The van der Waals surface area contributed by atoms with Gasteiger partial charge in [0.15, 0.2) is 0 Å². The van der Waals surface area contributed by atoms with Gasteiger partial charge in [-0.1, -0.05) is 36.8 Å². The molecule has 0 radical (unpaired) electrons. The lowest BCUT2D eigenvalue weighted by Crippen LogP contribution is -2.32. The Balaban J connectivity index is 1.60. The van der Waals surface area contributed by atoms with Crippen LogP contribution in [0.15, 0.2) is 30.3 Å². The van der Waals surface area contributed by atoms with Crippen LogP contribution in [0.4, 0.5) is 0 Å². The summed E-state index contributed by atoms with van der Waals surface area (Å²) in [6.45, 7) is 4.48. The fraction of sp³-hybridized carbons (Fsp3) is 0.600. The van der Waals surface area contributed by atoms with Gasteiger partial charge < -0.3 is 14.7 Å². The summed E-state index contributed by atoms with van der Waals surface area (Å²) in [4.78, 5) is 2.44. The second-order valence-electron chi connectivity index (χ2n) is 4.90. The first-order valence-corrected chi connectivity index (χ1v) is 6.89. The molecule has 1 aromatic rings. The first-order valence-electron chi connectivity index (χ1n) is 6.89. The largest absolute Gasteiger partial charge is 0.386 e. The van der Waals surface area contributed by atoms with Crippen LogP contribution in [0.2, 0.25) is 0 Å². The molecule has 0 aromatic heterocycles. The average molecular weight is 249 g/mol. The lowest BCUT2D eigenvalue weighted by atomic mass is 10.1. The standard InChI is InChI=1S/C15H23NO2/c17-15(14-7-3-1-4-8-14)13-18-12-11-16-9-5-2-6-10-16/h1,3-4,7-8,15,17H,2,5-6,9-13H2. The molecule has 1 fully saturated rings. The molecule has 18 heavy (non-hydrogen) atoms. The lowest BCUT2D eigenvalue weighted by Gasteiger charge is -2.26. The third-order valence-electron chi connectivity index (χ3n) is 3.46. The summed E-state index contributed by atoms with van der Waals surface area (Å²) >= 11 is 0. The Morgan fingerprint density at radius 1 is 1.11 bits per heavy atom. The maximum absolute atomic E-state index is 9.92. The van der Waals surface area contributed by atoms with Crippen molar-refractivity contribution in [1.82, 2.24) is 4.90 Å². The molecule has 0 spiro atoms. The minimum atomic E-state index is -0.507. The molecular weight excluding hydrogens is 226 g/mol. The molecule has 1 N–H and O–H groups in total. The van der Waals surface area contributed by atoms with Crippen molar-refractivity contribution in [3.63, 3.8) is 0 Å². The Bertz CT molecular complexity index is 323. The summed E-state index contributed by atoms with van der Waals surface area (Å²) < 4.78 is 5.56. The van der Waals surface area contributed by atoms with Crippen LogP contribution in [0.5, 0.6) is 0 Å². The van der Waals surface area contributed by atoms with Gasteiger partial charge in [0.05, 0.1) is 13.2 Å². The van der Waals surface area contributed by atoms with E-state index in [2.05, 4.69) is 4.90 Å². The van der Waals surface area contributed by atoms with Crippen LogP contribution in [0.25, 0.3) is 0 Å². The topological polar surface area (TPSA) is 32.7 Å². The van der Waals surface area contributed by atoms with Crippen molar-refractivity contribution in [3.8, 4) is 0 Å². The predicted molar refractivity (Wildman–Crippen MR) is 72.5 cm³/mol. The molecule has 0 aliphatic carbocycles. The molecule has 1 atom stereocenters. The number of benzene rings is 1. The van der Waals surface area contributed by atoms with Crippen LogP contribution in [0.3, 0.4) is 0 Å². The summed E-state index contributed by atoms with van der Waals surface area (Å²) in [7, 11) is 0. The van der Waals surface area contributed by atoms with Crippen molar-refractivity contribution in [2.24, 2.45) is 0 Å². The molecule has 1 aliphatic rings. The van der Waals surface area contributed by atoms with Crippen molar-refractivity contribution in [3.05, 3.63) is 35.9 Å². The maximum atomic E-state index is 9.92. The van der Waals surface area contributed by atoms with Gasteiger partial charge in [0.1, 0.15) is 6.10 Å². The van der Waals surface area contributed by atoms with Gasteiger partial charge in [0.25, 0.3) is 0 Å². The number of piperidine rings is 1. The minimum Gasteiger partial charge on any atom is -0.386 e. The molecule has 0 bridgehead atoms. The number of nitrogens with zero attached hydrogens (tertiary/aromatic N) is 1. The van der Waals surface area contributed by atoms with Crippen LogP contribution in [0, 0.1) is 0 Å². The van der Waals surface area contributed by atoms with Gasteiger partial charge in [0.2, 0.25) is 0 Å². The third-order valence-corrected chi connectivity index (χ3v) is 3.46. The summed E-state index contributed by atoms with van der Waals surface area (Å²) in [5.74, 6) is 0. The smallest absolute Gasteiger partial charge is 0.102 e. The van der Waals surface area contributed by atoms with Crippen molar-refractivity contribution >= 4 is 0 Å². The normalized spacial score (nSPS) is 18.7. The summed E-state index contributed by atoms with van der Waals surface area (Å²) in [5.41, 5.74) is 0.926. The number of ether oxygens (including phenoxy) is 1. The van der Waals surface area contributed by atoms with Gasteiger partial charge in [-0.2, -0.15) is 0 Å². The van der Waals surface area contributed by atoms with Crippen LogP contribution < -0.4 is 0 Å². The van der Waals surface area contributed by atoms with Crippen LogP contribution in [-0.2, 0) is 4.74 Å². The van der Waals surface area contributed by atoms with Crippen molar-refractivity contribution in [2.75, 3.05) is 32.8 Å². The number of likely N-dealkylation sites (tertiary alicyclic amines) is 1. The molecule has 0 saturated carbocycles. The Labute approximate surface area is 109 Å². The molecule has 1 saturated heterocycles. The van der Waals surface area contributed by atoms with E-state index in [1.165, 1.54) is 32.4 Å². The van der Waals surface area contributed by atoms with E-state index in [4.69, 9.17) is 4.74 Å². The van der Waals surface area contributed by atoms with E-state index in [-0.39, 0.29) is 0 Å². The number of hydrogen-bond acceptors (Lipinski definition) is 3. The second-order valence-corrected chi connectivity index (χ2v) is 4.90. The highest BCUT2D eigenvalue weighted by Crippen LogP contribution is 2.12. The van der Waals surface area contributed by atoms with Gasteiger partial charge in [-0.3, -0.25) is 0 Å². The molecule has 1 unspecified atom stereocenters. The summed E-state index contributed by atoms with van der Waals surface area (Å²) in [5, 5.41) is 9.92.